The molecule has 1 aliphatic rings. The minimum absolute atomic E-state index is 0.195. The first-order chi connectivity index (χ1) is 7.83. The van der Waals surface area contributed by atoms with Crippen LogP contribution in [0.4, 0.5) is 0 Å². The second-order valence-electron chi connectivity index (χ2n) is 5.73. The van der Waals surface area contributed by atoms with Gasteiger partial charge in [-0.25, -0.2) is 0 Å². The third-order valence-electron chi connectivity index (χ3n) is 2.98. The standard InChI is InChI=1S/C13H25NO3/c1-9(12(15)17-13(2,3)4)14-10-7-6-8-11(10)16-5/h9-11,14H,6-8H2,1-5H3. The first kappa shape index (κ1) is 14.5. The molecule has 3 unspecified atom stereocenters. The molecule has 0 amide bonds. The van der Waals surface area contributed by atoms with Crippen molar-refractivity contribution in [3.8, 4) is 0 Å². The van der Waals surface area contributed by atoms with E-state index in [0.717, 1.165) is 19.3 Å². The number of nitrogens with one attached hydrogen (secondary N) is 1. The summed E-state index contributed by atoms with van der Waals surface area (Å²) in [5.41, 5.74) is -0.427. The summed E-state index contributed by atoms with van der Waals surface area (Å²) in [5.74, 6) is -0.195. The molecule has 1 aliphatic carbocycles. The number of esters is 1. The number of methoxy groups -OCH3 is 1. The molecule has 0 aliphatic heterocycles. The predicted molar refractivity (Wildman–Crippen MR) is 66.9 cm³/mol. The van der Waals surface area contributed by atoms with E-state index in [2.05, 4.69) is 5.32 Å². The largest absolute Gasteiger partial charge is 0.459 e. The van der Waals surface area contributed by atoms with Gasteiger partial charge in [0.05, 0.1) is 6.10 Å². The van der Waals surface area contributed by atoms with E-state index in [1.54, 1.807) is 7.11 Å². The van der Waals surface area contributed by atoms with Gasteiger partial charge < -0.3 is 9.47 Å². The lowest BCUT2D eigenvalue weighted by molar-refractivity contribution is -0.157. The number of carbonyl (C=O) groups excluding carboxylic acids is 1. The molecule has 1 rings (SSSR count). The van der Waals surface area contributed by atoms with E-state index < -0.39 is 5.60 Å². The van der Waals surface area contributed by atoms with Crippen molar-refractivity contribution in [2.45, 2.75) is 70.7 Å². The normalized spacial score (nSPS) is 26.9. The van der Waals surface area contributed by atoms with Crippen molar-refractivity contribution in [1.82, 2.24) is 5.32 Å². The molecule has 0 aromatic carbocycles. The molecule has 0 aromatic heterocycles. The van der Waals surface area contributed by atoms with Crippen LogP contribution in [0.3, 0.4) is 0 Å². The highest BCUT2D eigenvalue weighted by molar-refractivity contribution is 5.75. The van der Waals surface area contributed by atoms with Crippen LogP contribution >= 0.6 is 0 Å². The number of hydrogen-bond donors (Lipinski definition) is 1. The first-order valence-corrected chi connectivity index (χ1v) is 6.35. The van der Waals surface area contributed by atoms with Gasteiger partial charge in [-0.05, 0) is 47.0 Å². The summed E-state index contributed by atoms with van der Waals surface area (Å²) in [6.07, 6.45) is 3.50. The van der Waals surface area contributed by atoms with Crippen LogP contribution in [-0.2, 0) is 14.3 Å². The molecule has 4 nitrogen and oxygen atoms in total. The SMILES string of the molecule is COC1CCCC1NC(C)C(=O)OC(C)(C)C. The van der Waals surface area contributed by atoms with E-state index in [1.165, 1.54) is 0 Å². The lowest BCUT2D eigenvalue weighted by Crippen LogP contribution is -2.47. The molecule has 1 N–H and O–H groups in total. The summed E-state index contributed by atoms with van der Waals surface area (Å²) in [7, 11) is 1.73. The molecule has 0 aromatic rings. The molecule has 0 radical (unpaired) electrons. The maximum atomic E-state index is 11.8. The Labute approximate surface area is 104 Å². The van der Waals surface area contributed by atoms with Crippen molar-refractivity contribution in [3.63, 3.8) is 0 Å². The first-order valence-electron chi connectivity index (χ1n) is 6.35. The molecular weight excluding hydrogens is 218 g/mol. The average Bonchev–Trinajstić information content (AvgIpc) is 2.62. The van der Waals surface area contributed by atoms with Gasteiger partial charge >= 0.3 is 5.97 Å². The van der Waals surface area contributed by atoms with Crippen LogP contribution in [0, 0.1) is 0 Å². The Kier molecular flexibility index (Phi) is 4.95. The van der Waals surface area contributed by atoms with Crippen LogP contribution in [0.2, 0.25) is 0 Å². The quantitative estimate of drug-likeness (QED) is 0.766. The van der Waals surface area contributed by atoms with Crippen molar-refractivity contribution in [1.29, 1.82) is 0 Å². The number of carbonyl (C=O) groups is 1. The van der Waals surface area contributed by atoms with Gasteiger partial charge in [0, 0.05) is 13.2 Å². The van der Waals surface area contributed by atoms with Gasteiger partial charge in [0.2, 0.25) is 0 Å². The molecule has 4 heteroatoms. The Morgan fingerprint density at radius 1 is 1.35 bits per heavy atom. The van der Waals surface area contributed by atoms with Gasteiger partial charge in [-0.3, -0.25) is 10.1 Å². The van der Waals surface area contributed by atoms with E-state index in [9.17, 15) is 4.79 Å². The minimum Gasteiger partial charge on any atom is -0.459 e. The second-order valence-corrected chi connectivity index (χ2v) is 5.73. The van der Waals surface area contributed by atoms with E-state index in [-0.39, 0.29) is 24.2 Å². The van der Waals surface area contributed by atoms with Crippen LogP contribution in [0.25, 0.3) is 0 Å². The zero-order chi connectivity index (χ0) is 13.1. The Morgan fingerprint density at radius 2 is 2.00 bits per heavy atom. The molecular formula is C13H25NO3. The van der Waals surface area contributed by atoms with Crippen LogP contribution in [0.15, 0.2) is 0 Å². The zero-order valence-corrected chi connectivity index (χ0v) is 11.6. The fourth-order valence-corrected chi connectivity index (χ4v) is 2.18. The highest BCUT2D eigenvalue weighted by Gasteiger charge is 2.31. The fraction of sp³-hybridized carbons (Fsp3) is 0.923. The van der Waals surface area contributed by atoms with Gasteiger partial charge in [-0.1, -0.05) is 0 Å². The third kappa shape index (κ3) is 4.64. The Balaban J connectivity index is 2.43. The van der Waals surface area contributed by atoms with Crippen molar-refractivity contribution in [3.05, 3.63) is 0 Å². The molecule has 17 heavy (non-hydrogen) atoms. The predicted octanol–water partition coefficient (Wildman–Crippen LogP) is 1.87. The van der Waals surface area contributed by atoms with Gasteiger partial charge in [-0.2, -0.15) is 0 Å². The fourth-order valence-electron chi connectivity index (χ4n) is 2.18. The highest BCUT2D eigenvalue weighted by atomic mass is 16.6. The van der Waals surface area contributed by atoms with Crippen LogP contribution in [-0.4, -0.2) is 36.9 Å². The van der Waals surface area contributed by atoms with Gasteiger partial charge in [0.15, 0.2) is 0 Å². The van der Waals surface area contributed by atoms with E-state index in [0.29, 0.717) is 0 Å². The lowest BCUT2D eigenvalue weighted by atomic mass is 10.1. The third-order valence-corrected chi connectivity index (χ3v) is 2.98. The molecule has 100 valence electrons. The molecule has 3 atom stereocenters. The number of ether oxygens (including phenoxy) is 2. The lowest BCUT2D eigenvalue weighted by Gasteiger charge is -2.26. The van der Waals surface area contributed by atoms with Gasteiger partial charge in [0.1, 0.15) is 11.6 Å². The van der Waals surface area contributed by atoms with Crippen molar-refractivity contribution >= 4 is 5.97 Å². The summed E-state index contributed by atoms with van der Waals surface area (Å²) in [4.78, 5) is 11.8. The minimum atomic E-state index is -0.427. The van der Waals surface area contributed by atoms with Gasteiger partial charge in [-0.15, -0.1) is 0 Å². The van der Waals surface area contributed by atoms with Crippen LogP contribution < -0.4 is 5.32 Å². The smallest absolute Gasteiger partial charge is 0.323 e. The zero-order valence-electron chi connectivity index (χ0n) is 11.6. The van der Waals surface area contributed by atoms with Crippen molar-refractivity contribution in [2.24, 2.45) is 0 Å². The summed E-state index contributed by atoms with van der Waals surface area (Å²) in [6.45, 7) is 7.49. The van der Waals surface area contributed by atoms with E-state index >= 15 is 0 Å². The maximum Gasteiger partial charge on any atom is 0.323 e. The topological polar surface area (TPSA) is 47.6 Å². The van der Waals surface area contributed by atoms with Crippen molar-refractivity contribution in [2.75, 3.05) is 7.11 Å². The van der Waals surface area contributed by atoms with E-state index in [1.807, 2.05) is 27.7 Å². The Hall–Kier alpha value is -0.610. The average molecular weight is 243 g/mol. The summed E-state index contributed by atoms with van der Waals surface area (Å²) < 4.78 is 10.7. The van der Waals surface area contributed by atoms with Crippen LogP contribution in [0.1, 0.15) is 47.0 Å². The monoisotopic (exact) mass is 243 g/mol. The highest BCUT2D eigenvalue weighted by Crippen LogP contribution is 2.22. The summed E-state index contributed by atoms with van der Waals surface area (Å²) in [5, 5.41) is 3.30. The summed E-state index contributed by atoms with van der Waals surface area (Å²) in [6, 6.07) is -0.0162. The molecule has 1 fully saturated rings. The maximum absolute atomic E-state index is 11.8. The molecule has 1 saturated carbocycles. The molecule has 0 heterocycles. The molecule has 0 bridgehead atoms. The number of hydrogen-bond acceptors (Lipinski definition) is 4. The summed E-state index contributed by atoms with van der Waals surface area (Å²) >= 11 is 0. The second kappa shape index (κ2) is 5.83. The van der Waals surface area contributed by atoms with Crippen molar-refractivity contribution < 1.29 is 14.3 Å². The molecule has 0 spiro atoms. The van der Waals surface area contributed by atoms with Gasteiger partial charge in [0.25, 0.3) is 0 Å². The Bertz CT molecular complexity index is 260. The number of rotatable bonds is 4. The molecule has 0 saturated heterocycles. The van der Waals surface area contributed by atoms with Crippen LogP contribution in [0.5, 0.6) is 0 Å². The van der Waals surface area contributed by atoms with E-state index in [4.69, 9.17) is 9.47 Å². The Morgan fingerprint density at radius 3 is 2.53 bits per heavy atom.